The Hall–Kier alpha value is -2.69. The first-order chi connectivity index (χ1) is 11.7. The van der Waals surface area contributed by atoms with Gasteiger partial charge in [0.15, 0.2) is 0 Å². The summed E-state index contributed by atoms with van der Waals surface area (Å²) in [6.07, 6.45) is 8.11. The van der Waals surface area contributed by atoms with Crippen LogP contribution in [0.15, 0.2) is 55.4 Å². The maximum atomic E-state index is 11.8. The molecule has 1 N–H and O–H groups in total. The largest absolute Gasteiger partial charge is 0.339 e. The maximum absolute atomic E-state index is 11.8. The Morgan fingerprint density at radius 3 is 2.96 bits per heavy atom. The van der Waals surface area contributed by atoms with Crippen LogP contribution in [0.2, 0.25) is 0 Å². The van der Waals surface area contributed by atoms with E-state index in [9.17, 15) is 4.79 Å². The van der Waals surface area contributed by atoms with E-state index < -0.39 is 0 Å². The Labute approximate surface area is 142 Å². The first kappa shape index (κ1) is 16.2. The number of nitrogens with one attached hydrogen (secondary N) is 1. The highest BCUT2D eigenvalue weighted by Gasteiger charge is 2.22. The highest BCUT2D eigenvalue weighted by atomic mass is 16.2. The Kier molecular flexibility index (Phi) is 5.21. The van der Waals surface area contributed by atoms with Crippen LogP contribution in [-0.2, 0) is 11.2 Å². The second kappa shape index (κ2) is 7.73. The summed E-state index contributed by atoms with van der Waals surface area (Å²) in [5, 5.41) is 3.22. The van der Waals surface area contributed by atoms with Crippen LogP contribution in [0.25, 0.3) is 0 Å². The van der Waals surface area contributed by atoms with Crippen molar-refractivity contribution in [3.05, 3.63) is 60.9 Å². The van der Waals surface area contributed by atoms with Crippen molar-refractivity contribution in [2.75, 3.05) is 18.4 Å². The lowest BCUT2D eigenvalue weighted by atomic mass is 9.91. The minimum atomic E-state index is 0.0342. The number of carbonyl (C=O) groups excluding carboxylic acids is 1. The number of anilines is 2. The SMILES string of the molecule is C=CC(=O)N1CCC[C@H](Cc2ccnc(Nc3ccccn3)c2)C1. The summed E-state index contributed by atoms with van der Waals surface area (Å²) in [7, 11) is 0. The van der Waals surface area contributed by atoms with Gasteiger partial charge in [-0.05, 0) is 61.1 Å². The molecule has 2 aromatic rings. The fraction of sp³-hybridized carbons (Fsp3) is 0.316. The van der Waals surface area contributed by atoms with E-state index in [4.69, 9.17) is 0 Å². The molecule has 0 radical (unpaired) electrons. The fourth-order valence-corrected chi connectivity index (χ4v) is 3.13. The van der Waals surface area contributed by atoms with E-state index >= 15 is 0 Å². The minimum Gasteiger partial charge on any atom is -0.339 e. The van der Waals surface area contributed by atoms with Crippen molar-refractivity contribution in [1.29, 1.82) is 0 Å². The van der Waals surface area contributed by atoms with Crippen molar-refractivity contribution in [1.82, 2.24) is 14.9 Å². The predicted octanol–water partition coefficient (Wildman–Crippen LogP) is 3.19. The highest BCUT2D eigenvalue weighted by molar-refractivity contribution is 5.87. The van der Waals surface area contributed by atoms with Gasteiger partial charge in [-0.1, -0.05) is 12.6 Å². The summed E-state index contributed by atoms with van der Waals surface area (Å²) in [6, 6.07) is 9.83. The smallest absolute Gasteiger partial charge is 0.245 e. The summed E-state index contributed by atoms with van der Waals surface area (Å²) in [6.45, 7) is 5.22. The lowest BCUT2D eigenvalue weighted by molar-refractivity contribution is -0.127. The molecule has 0 saturated carbocycles. The zero-order chi connectivity index (χ0) is 16.8. The van der Waals surface area contributed by atoms with Gasteiger partial charge >= 0.3 is 0 Å². The van der Waals surface area contributed by atoms with Crippen molar-refractivity contribution in [3.63, 3.8) is 0 Å². The molecule has 1 amide bonds. The maximum Gasteiger partial charge on any atom is 0.245 e. The van der Waals surface area contributed by atoms with E-state index in [2.05, 4.69) is 27.9 Å². The van der Waals surface area contributed by atoms with E-state index in [1.54, 1.807) is 6.20 Å². The third-order valence-corrected chi connectivity index (χ3v) is 4.28. The molecule has 1 saturated heterocycles. The van der Waals surface area contributed by atoms with Crippen molar-refractivity contribution in [2.45, 2.75) is 19.3 Å². The van der Waals surface area contributed by atoms with Gasteiger partial charge in [0.1, 0.15) is 11.6 Å². The van der Waals surface area contributed by atoms with Crippen molar-refractivity contribution in [3.8, 4) is 0 Å². The molecule has 0 spiro atoms. The molecule has 5 heteroatoms. The van der Waals surface area contributed by atoms with Crippen molar-refractivity contribution >= 4 is 17.5 Å². The van der Waals surface area contributed by atoms with E-state index in [1.165, 1.54) is 11.6 Å². The van der Waals surface area contributed by atoms with Gasteiger partial charge in [0.05, 0.1) is 0 Å². The number of amides is 1. The number of piperidine rings is 1. The Morgan fingerprint density at radius 2 is 2.17 bits per heavy atom. The van der Waals surface area contributed by atoms with E-state index in [-0.39, 0.29) is 5.91 Å². The normalized spacial score (nSPS) is 17.3. The third-order valence-electron chi connectivity index (χ3n) is 4.28. The molecular weight excluding hydrogens is 300 g/mol. The molecule has 0 unspecified atom stereocenters. The van der Waals surface area contributed by atoms with Crippen LogP contribution in [0.5, 0.6) is 0 Å². The second-order valence-corrected chi connectivity index (χ2v) is 6.09. The van der Waals surface area contributed by atoms with Crippen LogP contribution in [-0.4, -0.2) is 33.9 Å². The molecule has 0 bridgehead atoms. The van der Waals surface area contributed by atoms with Crippen LogP contribution >= 0.6 is 0 Å². The molecule has 1 aliphatic rings. The summed E-state index contributed by atoms with van der Waals surface area (Å²) < 4.78 is 0. The molecule has 1 aliphatic heterocycles. The fourth-order valence-electron chi connectivity index (χ4n) is 3.13. The topological polar surface area (TPSA) is 58.1 Å². The number of nitrogens with zero attached hydrogens (tertiary/aromatic N) is 3. The Bertz CT molecular complexity index is 702. The average molecular weight is 322 g/mol. The van der Waals surface area contributed by atoms with Crippen LogP contribution in [0.4, 0.5) is 11.6 Å². The van der Waals surface area contributed by atoms with Crippen LogP contribution in [0.3, 0.4) is 0 Å². The zero-order valence-electron chi connectivity index (χ0n) is 13.7. The highest BCUT2D eigenvalue weighted by Crippen LogP contribution is 2.22. The molecule has 2 aromatic heterocycles. The molecule has 5 nitrogen and oxygen atoms in total. The lowest BCUT2D eigenvalue weighted by Crippen LogP contribution is -2.39. The predicted molar refractivity (Wildman–Crippen MR) is 95.0 cm³/mol. The van der Waals surface area contributed by atoms with Crippen LogP contribution < -0.4 is 5.32 Å². The number of likely N-dealkylation sites (tertiary alicyclic amines) is 1. The number of carbonyl (C=O) groups is 1. The number of hydrogen-bond acceptors (Lipinski definition) is 4. The van der Waals surface area contributed by atoms with Gasteiger partial charge in [-0.2, -0.15) is 0 Å². The van der Waals surface area contributed by atoms with E-state index in [0.717, 1.165) is 44.0 Å². The number of aromatic nitrogens is 2. The molecule has 3 heterocycles. The van der Waals surface area contributed by atoms with Crippen LogP contribution in [0, 0.1) is 5.92 Å². The molecule has 0 aromatic carbocycles. The molecule has 3 rings (SSSR count). The number of rotatable bonds is 5. The first-order valence-electron chi connectivity index (χ1n) is 8.29. The van der Waals surface area contributed by atoms with Gasteiger partial charge in [-0.3, -0.25) is 4.79 Å². The average Bonchev–Trinajstić information content (AvgIpc) is 2.62. The molecular formula is C19H22N4O. The monoisotopic (exact) mass is 322 g/mol. The minimum absolute atomic E-state index is 0.0342. The lowest BCUT2D eigenvalue weighted by Gasteiger charge is -2.32. The standard InChI is InChI=1S/C19H22N4O/c1-2-19(24)23-11-5-6-16(14-23)12-15-8-10-21-18(13-15)22-17-7-3-4-9-20-17/h2-4,7-10,13,16H,1,5-6,11-12,14H2,(H,20,21,22)/t16-/m1/s1. The van der Waals surface area contributed by atoms with Gasteiger partial charge in [0.2, 0.25) is 5.91 Å². The van der Waals surface area contributed by atoms with Gasteiger partial charge < -0.3 is 10.2 Å². The zero-order valence-corrected chi connectivity index (χ0v) is 13.7. The van der Waals surface area contributed by atoms with E-state index in [0.29, 0.717) is 5.92 Å². The first-order valence-corrected chi connectivity index (χ1v) is 8.29. The van der Waals surface area contributed by atoms with E-state index in [1.807, 2.05) is 35.4 Å². The van der Waals surface area contributed by atoms with Crippen molar-refractivity contribution in [2.24, 2.45) is 5.92 Å². The Morgan fingerprint density at radius 1 is 1.29 bits per heavy atom. The van der Waals surface area contributed by atoms with Crippen molar-refractivity contribution < 1.29 is 4.79 Å². The number of hydrogen-bond donors (Lipinski definition) is 1. The second-order valence-electron chi connectivity index (χ2n) is 6.09. The molecule has 1 atom stereocenters. The van der Waals surface area contributed by atoms with Gasteiger partial charge in [-0.25, -0.2) is 9.97 Å². The van der Waals surface area contributed by atoms with Gasteiger partial charge in [-0.15, -0.1) is 0 Å². The van der Waals surface area contributed by atoms with Gasteiger partial charge in [0, 0.05) is 25.5 Å². The van der Waals surface area contributed by atoms with Gasteiger partial charge in [0.25, 0.3) is 0 Å². The molecule has 0 aliphatic carbocycles. The summed E-state index contributed by atoms with van der Waals surface area (Å²) in [4.78, 5) is 22.3. The molecule has 1 fully saturated rings. The Balaban J connectivity index is 1.64. The molecule has 24 heavy (non-hydrogen) atoms. The quantitative estimate of drug-likeness (QED) is 0.859. The van der Waals surface area contributed by atoms with Crippen LogP contribution in [0.1, 0.15) is 18.4 Å². The summed E-state index contributed by atoms with van der Waals surface area (Å²) in [5.41, 5.74) is 1.22. The number of pyridine rings is 2. The summed E-state index contributed by atoms with van der Waals surface area (Å²) in [5.74, 6) is 2.09. The third kappa shape index (κ3) is 4.19. The summed E-state index contributed by atoms with van der Waals surface area (Å²) >= 11 is 0. The molecule has 124 valence electrons.